The maximum absolute atomic E-state index is 10.0. The van der Waals surface area contributed by atoms with Gasteiger partial charge in [-0.1, -0.05) is 34.1 Å². The smallest absolute Gasteiger partial charge is 0.0935 e. The van der Waals surface area contributed by atoms with Crippen LogP contribution in [-0.4, -0.2) is 5.11 Å². The molecule has 1 unspecified atom stereocenters. The highest BCUT2D eigenvalue weighted by Crippen LogP contribution is 2.25. The summed E-state index contributed by atoms with van der Waals surface area (Å²) in [4.78, 5) is 0. The topological polar surface area (TPSA) is 33.4 Å². The van der Waals surface area contributed by atoms with Crippen LogP contribution in [0, 0.1) is 0 Å². The Bertz CT molecular complexity index is 423. The second-order valence-electron chi connectivity index (χ2n) is 3.37. The van der Waals surface area contributed by atoms with E-state index in [2.05, 4.69) is 15.9 Å². The summed E-state index contributed by atoms with van der Waals surface area (Å²) < 4.78 is 5.89. The molecule has 15 heavy (non-hydrogen) atoms. The average molecular weight is 267 g/mol. The van der Waals surface area contributed by atoms with Crippen molar-refractivity contribution in [3.05, 3.63) is 58.5 Å². The van der Waals surface area contributed by atoms with Gasteiger partial charge in [0.05, 0.1) is 18.6 Å². The molecule has 0 bridgehead atoms. The van der Waals surface area contributed by atoms with Crippen molar-refractivity contribution in [3.8, 4) is 0 Å². The zero-order valence-electron chi connectivity index (χ0n) is 8.06. The van der Waals surface area contributed by atoms with Crippen molar-refractivity contribution >= 4 is 15.9 Å². The molecule has 2 aromatic rings. The monoisotopic (exact) mass is 266 g/mol. The lowest BCUT2D eigenvalue weighted by atomic mass is 10.0. The van der Waals surface area contributed by atoms with Crippen LogP contribution in [0.1, 0.15) is 17.2 Å². The van der Waals surface area contributed by atoms with Crippen LogP contribution in [0.5, 0.6) is 0 Å². The third kappa shape index (κ3) is 2.49. The largest absolute Gasteiger partial charge is 0.472 e. The summed E-state index contributed by atoms with van der Waals surface area (Å²) in [6.07, 6.45) is 3.33. The third-order valence-electron chi connectivity index (χ3n) is 2.27. The SMILES string of the molecule is OC(Cc1ccoc1)c1ccccc1Br. The van der Waals surface area contributed by atoms with Gasteiger partial charge in [-0.05, 0) is 23.3 Å². The van der Waals surface area contributed by atoms with Gasteiger partial charge in [-0.3, -0.25) is 0 Å². The van der Waals surface area contributed by atoms with Gasteiger partial charge in [0.15, 0.2) is 0 Å². The molecule has 0 spiro atoms. The van der Waals surface area contributed by atoms with Gasteiger partial charge in [0.25, 0.3) is 0 Å². The molecule has 0 amide bonds. The molecule has 0 saturated heterocycles. The van der Waals surface area contributed by atoms with Crippen LogP contribution < -0.4 is 0 Å². The van der Waals surface area contributed by atoms with E-state index in [1.807, 2.05) is 30.3 Å². The Labute approximate surface area is 96.7 Å². The molecule has 2 nitrogen and oxygen atoms in total. The Hall–Kier alpha value is -1.06. The fourth-order valence-corrected chi connectivity index (χ4v) is 2.04. The van der Waals surface area contributed by atoms with Crippen LogP contribution in [0.2, 0.25) is 0 Å². The molecule has 1 N–H and O–H groups in total. The van der Waals surface area contributed by atoms with E-state index in [1.54, 1.807) is 12.5 Å². The highest BCUT2D eigenvalue weighted by atomic mass is 79.9. The fraction of sp³-hybridized carbons (Fsp3) is 0.167. The molecule has 2 rings (SSSR count). The first-order chi connectivity index (χ1) is 7.27. The van der Waals surface area contributed by atoms with Crippen LogP contribution >= 0.6 is 15.9 Å². The molecule has 0 saturated carbocycles. The Morgan fingerprint density at radius 1 is 1.27 bits per heavy atom. The zero-order chi connectivity index (χ0) is 10.7. The molecular weight excluding hydrogens is 256 g/mol. The second kappa shape index (κ2) is 4.64. The van der Waals surface area contributed by atoms with Crippen molar-refractivity contribution < 1.29 is 9.52 Å². The van der Waals surface area contributed by atoms with Crippen molar-refractivity contribution in [3.63, 3.8) is 0 Å². The zero-order valence-corrected chi connectivity index (χ0v) is 9.65. The summed E-state index contributed by atoms with van der Waals surface area (Å²) in [6, 6.07) is 9.54. The first-order valence-electron chi connectivity index (χ1n) is 4.71. The van der Waals surface area contributed by atoms with Gasteiger partial charge in [0, 0.05) is 10.9 Å². The van der Waals surface area contributed by atoms with Gasteiger partial charge in [-0.15, -0.1) is 0 Å². The minimum atomic E-state index is -0.502. The van der Waals surface area contributed by atoms with Crippen LogP contribution in [0.4, 0.5) is 0 Å². The van der Waals surface area contributed by atoms with Gasteiger partial charge in [-0.2, -0.15) is 0 Å². The highest BCUT2D eigenvalue weighted by molar-refractivity contribution is 9.10. The quantitative estimate of drug-likeness (QED) is 0.925. The Balaban J connectivity index is 2.15. The van der Waals surface area contributed by atoms with E-state index in [0.29, 0.717) is 6.42 Å². The van der Waals surface area contributed by atoms with Crippen molar-refractivity contribution in [1.82, 2.24) is 0 Å². The standard InChI is InChI=1S/C12H11BrO2/c13-11-4-2-1-3-10(11)12(14)7-9-5-6-15-8-9/h1-6,8,12,14H,7H2. The molecule has 0 aliphatic rings. The third-order valence-corrected chi connectivity index (χ3v) is 3.00. The van der Waals surface area contributed by atoms with Crippen molar-refractivity contribution in [2.45, 2.75) is 12.5 Å². The first kappa shape index (κ1) is 10.5. The van der Waals surface area contributed by atoms with Gasteiger partial charge in [-0.25, -0.2) is 0 Å². The van der Waals surface area contributed by atoms with E-state index < -0.39 is 6.10 Å². The van der Waals surface area contributed by atoms with Crippen molar-refractivity contribution in [1.29, 1.82) is 0 Å². The number of halogens is 1. The number of aliphatic hydroxyl groups excluding tert-OH is 1. The summed E-state index contributed by atoms with van der Waals surface area (Å²) in [5.74, 6) is 0. The van der Waals surface area contributed by atoms with E-state index in [4.69, 9.17) is 4.42 Å². The van der Waals surface area contributed by atoms with Crippen molar-refractivity contribution in [2.24, 2.45) is 0 Å². The lowest BCUT2D eigenvalue weighted by Gasteiger charge is -2.11. The van der Waals surface area contributed by atoms with Gasteiger partial charge in [0.1, 0.15) is 0 Å². The fourth-order valence-electron chi connectivity index (χ4n) is 1.49. The summed E-state index contributed by atoms with van der Waals surface area (Å²) in [5.41, 5.74) is 1.90. The second-order valence-corrected chi connectivity index (χ2v) is 4.23. The molecule has 1 heterocycles. The maximum Gasteiger partial charge on any atom is 0.0935 e. The van der Waals surface area contributed by atoms with Crippen molar-refractivity contribution in [2.75, 3.05) is 0 Å². The summed E-state index contributed by atoms with van der Waals surface area (Å²) >= 11 is 3.42. The molecule has 78 valence electrons. The summed E-state index contributed by atoms with van der Waals surface area (Å²) in [5, 5.41) is 10.0. The van der Waals surface area contributed by atoms with Crippen LogP contribution in [-0.2, 0) is 6.42 Å². The molecule has 3 heteroatoms. The normalized spacial score (nSPS) is 12.7. The van der Waals surface area contributed by atoms with Gasteiger partial charge < -0.3 is 9.52 Å². The van der Waals surface area contributed by atoms with Crippen LogP contribution in [0.25, 0.3) is 0 Å². The van der Waals surface area contributed by atoms with Crippen LogP contribution in [0.3, 0.4) is 0 Å². The molecule has 1 aromatic carbocycles. The lowest BCUT2D eigenvalue weighted by Crippen LogP contribution is -2.01. The summed E-state index contributed by atoms with van der Waals surface area (Å²) in [6.45, 7) is 0. The minimum Gasteiger partial charge on any atom is -0.472 e. The lowest BCUT2D eigenvalue weighted by molar-refractivity contribution is 0.177. The number of hydrogen-bond donors (Lipinski definition) is 1. The maximum atomic E-state index is 10.0. The predicted octanol–water partition coefficient (Wildman–Crippen LogP) is 3.32. The van der Waals surface area contributed by atoms with E-state index in [9.17, 15) is 5.11 Å². The molecule has 1 atom stereocenters. The molecule has 0 aliphatic carbocycles. The number of rotatable bonds is 3. The van der Waals surface area contributed by atoms with E-state index in [0.717, 1.165) is 15.6 Å². The Morgan fingerprint density at radius 2 is 2.07 bits per heavy atom. The highest BCUT2D eigenvalue weighted by Gasteiger charge is 2.11. The van der Waals surface area contributed by atoms with E-state index >= 15 is 0 Å². The Kier molecular flexibility index (Phi) is 3.23. The number of hydrogen-bond acceptors (Lipinski definition) is 2. The number of furan rings is 1. The molecule has 0 aliphatic heterocycles. The van der Waals surface area contributed by atoms with Gasteiger partial charge >= 0.3 is 0 Å². The van der Waals surface area contributed by atoms with E-state index in [1.165, 1.54) is 0 Å². The molecule has 0 fully saturated rings. The van der Waals surface area contributed by atoms with Gasteiger partial charge in [0.2, 0.25) is 0 Å². The Morgan fingerprint density at radius 3 is 2.73 bits per heavy atom. The molecule has 0 radical (unpaired) electrons. The number of aliphatic hydroxyl groups is 1. The van der Waals surface area contributed by atoms with E-state index in [-0.39, 0.29) is 0 Å². The first-order valence-corrected chi connectivity index (χ1v) is 5.50. The minimum absolute atomic E-state index is 0.502. The summed E-state index contributed by atoms with van der Waals surface area (Å²) in [7, 11) is 0. The average Bonchev–Trinajstić information content (AvgIpc) is 2.71. The molecule has 1 aromatic heterocycles. The predicted molar refractivity (Wildman–Crippen MR) is 61.5 cm³/mol. The van der Waals surface area contributed by atoms with Crippen LogP contribution in [0.15, 0.2) is 51.7 Å². The molecular formula is C12H11BrO2. The number of benzene rings is 1.